The number of furan rings is 1. The van der Waals surface area contributed by atoms with E-state index in [0.29, 0.717) is 17.0 Å². The number of fused-ring (bicyclic) bond motifs is 1. The zero-order valence-electron chi connectivity index (χ0n) is 12.9. The summed E-state index contributed by atoms with van der Waals surface area (Å²) in [5.41, 5.74) is 1.14. The standard InChI is InChI=1S/C18H15NO5/c1-22-14-7-4-6-13(10-14)19-17(20)11-23-18(21)16-9-12-5-2-3-8-15(12)24-16/h2-10H,11H2,1H3,(H,19,20). The van der Waals surface area contributed by atoms with Crippen LogP contribution in [0.1, 0.15) is 10.6 Å². The van der Waals surface area contributed by atoms with Gasteiger partial charge in [-0.1, -0.05) is 24.3 Å². The van der Waals surface area contributed by atoms with Crippen molar-refractivity contribution in [1.82, 2.24) is 0 Å². The third-order valence-corrected chi connectivity index (χ3v) is 3.31. The van der Waals surface area contributed by atoms with Gasteiger partial charge in [-0.2, -0.15) is 0 Å². The monoisotopic (exact) mass is 325 g/mol. The summed E-state index contributed by atoms with van der Waals surface area (Å²) in [6.07, 6.45) is 0. The third kappa shape index (κ3) is 3.55. The predicted octanol–water partition coefficient (Wildman–Crippen LogP) is 3.24. The van der Waals surface area contributed by atoms with Crippen molar-refractivity contribution in [2.75, 3.05) is 19.0 Å². The summed E-state index contributed by atoms with van der Waals surface area (Å²) in [5, 5.41) is 3.42. The Balaban J connectivity index is 1.58. The van der Waals surface area contributed by atoms with E-state index in [9.17, 15) is 9.59 Å². The van der Waals surface area contributed by atoms with E-state index in [0.717, 1.165) is 5.39 Å². The Morgan fingerprint density at radius 1 is 1.08 bits per heavy atom. The van der Waals surface area contributed by atoms with Gasteiger partial charge < -0.3 is 19.2 Å². The molecule has 0 bridgehead atoms. The van der Waals surface area contributed by atoms with Crippen LogP contribution in [-0.2, 0) is 9.53 Å². The van der Waals surface area contributed by atoms with E-state index in [4.69, 9.17) is 13.9 Å². The molecule has 0 fully saturated rings. The predicted molar refractivity (Wildman–Crippen MR) is 88.1 cm³/mol. The van der Waals surface area contributed by atoms with Gasteiger partial charge in [0, 0.05) is 17.1 Å². The molecule has 0 atom stereocenters. The van der Waals surface area contributed by atoms with Gasteiger partial charge in [-0.25, -0.2) is 4.79 Å². The number of carbonyl (C=O) groups excluding carboxylic acids is 2. The molecule has 2 aromatic carbocycles. The first-order valence-electron chi connectivity index (χ1n) is 7.25. The molecule has 6 nitrogen and oxygen atoms in total. The van der Waals surface area contributed by atoms with Crippen LogP contribution in [0.3, 0.4) is 0 Å². The van der Waals surface area contributed by atoms with E-state index in [-0.39, 0.29) is 5.76 Å². The molecule has 0 aliphatic carbocycles. The molecule has 0 radical (unpaired) electrons. The summed E-state index contributed by atoms with van der Waals surface area (Å²) in [4.78, 5) is 23.8. The largest absolute Gasteiger partial charge is 0.497 e. The second kappa shape index (κ2) is 6.87. The van der Waals surface area contributed by atoms with E-state index in [2.05, 4.69) is 5.32 Å². The van der Waals surface area contributed by atoms with Gasteiger partial charge >= 0.3 is 5.97 Å². The van der Waals surface area contributed by atoms with Crippen molar-refractivity contribution >= 4 is 28.5 Å². The van der Waals surface area contributed by atoms with Crippen LogP contribution in [0.15, 0.2) is 59.0 Å². The van der Waals surface area contributed by atoms with Crippen molar-refractivity contribution < 1.29 is 23.5 Å². The van der Waals surface area contributed by atoms with Gasteiger partial charge in [0.15, 0.2) is 6.61 Å². The number of para-hydroxylation sites is 1. The first-order valence-corrected chi connectivity index (χ1v) is 7.25. The van der Waals surface area contributed by atoms with E-state index in [1.54, 1.807) is 36.4 Å². The number of anilines is 1. The number of methoxy groups -OCH3 is 1. The lowest BCUT2D eigenvalue weighted by molar-refractivity contribution is -0.119. The molecule has 122 valence electrons. The normalized spacial score (nSPS) is 10.4. The van der Waals surface area contributed by atoms with Crippen LogP contribution in [0.4, 0.5) is 5.69 Å². The fourth-order valence-electron chi connectivity index (χ4n) is 2.18. The first-order chi connectivity index (χ1) is 11.7. The molecule has 1 aromatic heterocycles. The number of benzene rings is 2. The second-order valence-electron chi connectivity index (χ2n) is 5.00. The highest BCUT2D eigenvalue weighted by atomic mass is 16.5. The molecule has 0 unspecified atom stereocenters. The number of rotatable bonds is 5. The van der Waals surface area contributed by atoms with Crippen molar-refractivity contribution in [3.63, 3.8) is 0 Å². The van der Waals surface area contributed by atoms with E-state index in [1.165, 1.54) is 7.11 Å². The number of esters is 1. The fraction of sp³-hybridized carbons (Fsp3) is 0.111. The molecule has 1 heterocycles. The number of hydrogen-bond donors (Lipinski definition) is 1. The number of ether oxygens (including phenoxy) is 2. The van der Waals surface area contributed by atoms with Crippen LogP contribution in [0, 0.1) is 0 Å². The van der Waals surface area contributed by atoms with Gasteiger partial charge in [-0.15, -0.1) is 0 Å². The summed E-state index contributed by atoms with van der Waals surface area (Å²) in [7, 11) is 1.54. The number of carbonyl (C=O) groups is 2. The van der Waals surface area contributed by atoms with Crippen molar-refractivity contribution in [2.45, 2.75) is 0 Å². The summed E-state index contributed by atoms with van der Waals surface area (Å²) >= 11 is 0. The summed E-state index contributed by atoms with van der Waals surface area (Å²) in [6, 6.07) is 15.7. The minimum atomic E-state index is -0.688. The third-order valence-electron chi connectivity index (χ3n) is 3.31. The minimum absolute atomic E-state index is 0.0605. The van der Waals surface area contributed by atoms with Crippen LogP contribution in [0.5, 0.6) is 5.75 Å². The van der Waals surface area contributed by atoms with Gasteiger partial charge in [0.2, 0.25) is 5.76 Å². The maximum atomic E-state index is 12.0. The summed E-state index contributed by atoms with van der Waals surface area (Å²) in [6.45, 7) is -0.410. The highest BCUT2D eigenvalue weighted by Crippen LogP contribution is 2.19. The Hall–Kier alpha value is -3.28. The Morgan fingerprint density at radius 2 is 1.92 bits per heavy atom. The summed E-state index contributed by atoms with van der Waals surface area (Å²) < 4.78 is 15.4. The smallest absolute Gasteiger partial charge is 0.374 e. The molecule has 0 aliphatic heterocycles. The average Bonchev–Trinajstić information content (AvgIpc) is 3.04. The van der Waals surface area contributed by atoms with Gasteiger partial charge in [-0.05, 0) is 24.3 Å². The molecule has 0 aliphatic rings. The molecule has 0 saturated heterocycles. The molecule has 0 saturated carbocycles. The topological polar surface area (TPSA) is 77.8 Å². The van der Waals surface area contributed by atoms with Crippen LogP contribution >= 0.6 is 0 Å². The summed E-state index contributed by atoms with van der Waals surface area (Å²) in [5.74, 6) is -0.461. The maximum Gasteiger partial charge on any atom is 0.374 e. The maximum absolute atomic E-state index is 12.0. The van der Waals surface area contributed by atoms with Gasteiger partial charge in [0.1, 0.15) is 11.3 Å². The quantitative estimate of drug-likeness (QED) is 0.729. The van der Waals surface area contributed by atoms with Gasteiger partial charge in [0.05, 0.1) is 7.11 Å². The molecule has 3 aromatic rings. The Labute approximate surface area is 138 Å². The lowest BCUT2D eigenvalue weighted by atomic mass is 10.2. The Morgan fingerprint density at radius 3 is 2.71 bits per heavy atom. The van der Waals surface area contributed by atoms with Crippen LogP contribution in [0.25, 0.3) is 11.0 Å². The Bertz CT molecular complexity index is 851. The fourth-order valence-corrected chi connectivity index (χ4v) is 2.18. The Kier molecular flexibility index (Phi) is 4.47. The van der Waals surface area contributed by atoms with Crippen molar-refractivity contribution in [3.05, 3.63) is 60.4 Å². The molecule has 3 rings (SSSR count). The molecule has 1 amide bonds. The molecule has 6 heteroatoms. The average molecular weight is 325 g/mol. The van der Waals surface area contributed by atoms with Crippen molar-refractivity contribution in [2.24, 2.45) is 0 Å². The molecule has 1 N–H and O–H groups in total. The second-order valence-corrected chi connectivity index (χ2v) is 5.00. The van der Waals surface area contributed by atoms with E-state index >= 15 is 0 Å². The number of hydrogen-bond acceptors (Lipinski definition) is 5. The molecule has 0 spiro atoms. The lowest BCUT2D eigenvalue weighted by Gasteiger charge is -2.07. The zero-order chi connectivity index (χ0) is 16.9. The van der Waals surface area contributed by atoms with Crippen molar-refractivity contribution in [3.8, 4) is 5.75 Å². The molecular formula is C18H15NO5. The van der Waals surface area contributed by atoms with Crippen LogP contribution < -0.4 is 10.1 Å². The van der Waals surface area contributed by atoms with Gasteiger partial charge in [0.25, 0.3) is 5.91 Å². The van der Waals surface area contributed by atoms with E-state index < -0.39 is 18.5 Å². The van der Waals surface area contributed by atoms with Crippen molar-refractivity contribution in [1.29, 1.82) is 0 Å². The SMILES string of the molecule is COc1cccc(NC(=O)COC(=O)c2cc3ccccc3o2)c1. The number of nitrogens with one attached hydrogen (secondary N) is 1. The highest BCUT2D eigenvalue weighted by Gasteiger charge is 2.15. The minimum Gasteiger partial charge on any atom is -0.497 e. The first kappa shape index (κ1) is 15.6. The number of amides is 1. The molecular weight excluding hydrogens is 310 g/mol. The van der Waals surface area contributed by atoms with E-state index in [1.807, 2.05) is 18.2 Å². The highest BCUT2D eigenvalue weighted by molar-refractivity contribution is 5.96. The molecule has 24 heavy (non-hydrogen) atoms. The van der Waals surface area contributed by atoms with Gasteiger partial charge in [-0.3, -0.25) is 4.79 Å². The van der Waals surface area contributed by atoms with Crippen LogP contribution in [0.2, 0.25) is 0 Å². The lowest BCUT2D eigenvalue weighted by Crippen LogP contribution is -2.20. The van der Waals surface area contributed by atoms with Crippen LogP contribution in [-0.4, -0.2) is 25.6 Å². The zero-order valence-corrected chi connectivity index (χ0v) is 12.9.